The summed E-state index contributed by atoms with van der Waals surface area (Å²) in [6, 6.07) is 24.2. The van der Waals surface area contributed by atoms with Gasteiger partial charge in [0.1, 0.15) is 5.75 Å². The number of hydrogen-bond acceptors (Lipinski definition) is 4. The first-order valence-electron chi connectivity index (χ1n) is 12.2. The third kappa shape index (κ3) is 3.34. The number of nitrogens with zero attached hydrogens (tertiary/aromatic N) is 4. The molecule has 6 rings (SSSR count). The van der Waals surface area contributed by atoms with E-state index in [9.17, 15) is 9.59 Å². The fourth-order valence-corrected chi connectivity index (χ4v) is 5.27. The average molecular weight is 493 g/mol. The first kappa shape index (κ1) is 22.9. The number of anilines is 1. The fourth-order valence-electron chi connectivity index (χ4n) is 5.27. The van der Waals surface area contributed by atoms with Crippen LogP contribution in [0.1, 0.15) is 22.9 Å². The van der Waals surface area contributed by atoms with Crippen molar-refractivity contribution in [2.75, 3.05) is 19.0 Å². The minimum Gasteiger partial charge on any atom is -0.477 e. The summed E-state index contributed by atoms with van der Waals surface area (Å²) in [5.41, 5.74) is 6.27. The van der Waals surface area contributed by atoms with Gasteiger partial charge in [-0.2, -0.15) is 0 Å². The number of aryl methyl sites for hydroxylation is 2. The van der Waals surface area contributed by atoms with Crippen LogP contribution in [0.2, 0.25) is 0 Å². The van der Waals surface area contributed by atoms with Crippen LogP contribution in [0.5, 0.6) is 5.75 Å². The van der Waals surface area contributed by atoms with Crippen molar-refractivity contribution < 1.29 is 4.74 Å². The van der Waals surface area contributed by atoms with Crippen molar-refractivity contribution in [3.05, 3.63) is 110 Å². The molecule has 0 bridgehead atoms. The number of fused-ring (bicyclic) bond motifs is 5. The Morgan fingerprint density at radius 1 is 0.838 bits per heavy atom. The number of ether oxygens (including phenoxy) is 1. The molecular weight excluding hydrogens is 464 g/mol. The van der Waals surface area contributed by atoms with Gasteiger partial charge in [-0.1, -0.05) is 54.1 Å². The zero-order valence-electron chi connectivity index (χ0n) is 21.5. The number of aromatic nitrogens is 3. The highest BCUT2D eigenvalue weighted by Crippen LogP contribution is 2.46. The van der Waals surface area contributed by atoms with Crippen molar-refractivity contribution in [1.29, 1.82) is 0 Å². The Hall–Kier alpha value is -4.52. The average Bonchev–Trinajstić information content (AvgIpc) is 3.27. The van der Waals surface area contributed by atoms with Gasteiger partial charge in [0, 0.05) is 33.9 Å². The number of para-hydroxylation sites is 2. The standard InChI is InChI=1S/C30H28N4O3/c1-18-10-12-19(13-11-18)25-24-26(32(4)30(36)33(5)29(24)35)27-28(20-14-16-21(17-15-20)31(2)3)37-23-9-7-6-8-22(23)34(25)27/h6-17,28H,1-5H3. The summed E-state index contributed by atoms with van der Waals surface area (Å²) < 4.78 is 11.5. The zero-order chi connectivity index (χ0) is 26.0. The molecular formula is C30H28N4O3. The first-order chi connectivity index (χ1) is 17.8. The predicted octanol–water partition coefficient (Wildman–Crippen LogP) is 4.55. The van der Waals surface area contributed by atoms with Crippen LogP contribution in [0.25, 0.3) is 27.8 Å². The Morgan fingerprint density at radius 3 is 2.19 bits per heavy atom. The summed E-state index contributed by atoms with van der Waals surface area (Å²) in [5.74, 6) is 0.715. The second-order valence-electron chi connectivity index (χ2n) is 9.82. The van der Waals surface area contributed by atoms with E-state index in [1.165, 1.54) is 11.6 Å². The molecule has 2 aromatic heterocycles. The van der Waals surface area contributed by atoms with Crippen molar-refractivity contribution in [2.24, 2.45) is 14.1 Å². The highest BCUT2D eigenvalue weighted by molar-refractivity contribution is 5.98. The van der Waals surface area contributed by atoms with Crippen molar-refractivity contribution in [3.63, 3.8) is 0 Å². The van der Waals surface area contributed by atoms with Crippen molar-refractivity contribution >= 4 is 16.6 Å². The van der Waals surface area contributed by atoms with Gasteiger partial charge in [-0.3, -0.25) is 13.9 Å². The molecule has 0 spiro atoms. The van der Waals surface area contributed by atoms with E-state index in [1.54, 1.807) is 11.6 Å². The highest BCUT2D eigenvalue weighted by atomic mass is 16.5. The van der Waals surface area contributed by atoms with Crippen molar-refractivity contribution in [3.8, 4) is 22.7 Å². The molecule has 0 N–H and O–H groups in total. The summed E-state index contributed by atoms with van der Waals surface area (Å²) in [7, 11) is 7.25. The number of benzene rings is 3. The largest absolute Gasteiger partial charge is 0.477 e. The van der Waals surface area contributed by atoms with Crippen LogP contribution in [0.15, 0.2) is 82.4 Å². The lowest BCUT2D eigenvalue weighted by Gasteiger charge is -2.30. The Balaban J connectivity index is 1.79. The minimum absolute atomic E-state index is 0.324. The van der Waals surface area contributed by atoms with Gasteiger partial charge >= 0.3 is 5.69 Å². The molecule has 186 valence electrons. The van der Waals surface area contributed by atoms with E-state index >= 15 is 0 Å². The van der Waals surface area contributed by atoms with Crippen LogP contribution in [-0.4, -0.2) is 27.8 Å². The van der Waals surface area contributed by atoms with E-state index in [2.05, 4.69) is 4.57 Å². The van der Waals surface area contributed by atoms with Gasteiger partial charge in [-0.15, -0.1) is 0 Å². The molecule has 37 heavy (non-hydrogen) atoms. The summed E-state index contributed by atoms with van der Waals surface area (Å²) in [5, 5.41) is 0.499. The Morgan fingerprint density at radius 2 is 1.51 bits per heavy atom. The van der Waals surface area contributed by atoms with Gasteiger partial charge in [0.25, 0.3) is 5.56 Å². The third-order valence-electron chi connectivity index (χ3n) is 7.25. The molecule has 0 fully saturated rings. The van der Waals surface area contributed by atoms with Crippen LogP contribution in [-0.2, 0) is 14.1 Å². The summed E-state index contributed by atoms with van der Waals surface area (Å²) in [4.78, 5) is 28.9. The molecule has 0 aliphatic carbocycles. The lowest BCUT2D eigenvalue weighted by atomic mass is 10.0. The molecule has 3 aromatic carbocycles. The van der Waals surface area contributed by atoms with E-state index in [1.807, 2.05) is 98.7 Å². The summed E-state index contributed by atoms with van der Waals surface area (Å²) in [6.07, 6.45) is -0.523. The van der Waals surface area contributed by atoms with Gasteiger partial charge in [-0.05, 0) is 42.3 Å². The Kier molecular flexibility index (Phi) is 5.12. The zero-order valence-corrected chi connectivity index (χ0v) is 21.5. The van der Waals surface area contributed by atoms with Gasteiger partial charge in [0.15, 0.2) is 6.10 Å². The molecule has 0 saturated carbocycles. The lowest BCUT2D eigenvalue weighted by Crippen LogP contribution is -2.37. The van der Waals surface area contributed by atoms with Gasteiger partial charge in [-0.25, -0.2) is 4.79 Å². The maximum Gasteiger partial charge on any atom is 0.331 e. The molecule has 0 amide bonds. The van der Waals surface area contributed by atoms with Gasteiger partial charge < -0.3 is 14.2 Å². The summed E-state index contributed by atoms with van der Waals surface area (Å²) in [6.45, 7) is 2.04. The van der Waals surface area contributed by atoms with E-state index in [4.69, 9.17) is 4.74 Å². The third-order valence-corrected chi connectivity index (χ3v) is 7.25. The minimum atomic E-state index is -0.523. The molecule has 5 aromatic rings. The normalized spacial score (nSPS) is 14.2. The van der Waals surface area contributed by atoms with Crippen LogP contribution in [0.3, 0.4) is 0 Å². The van der Waals surface area contributed by atoms with Crippen LogP contribution < -0.4 is 20.9 Å². The van der Waals surface area contributed by atoms with Crippen LogP contribution >= 0.6 is 0 Å². The molecule has 1 aliphatic rings. The van der Waals surface area contributed by atoms with Gasteiger partial charge in [0.05, 0.1) is 28.0 Å². The molecule has 3 heterocycles. The van der Waals surface area contributed by atoms with Gasteiger partial charge in [0.2, 0.25) is 0 Å². The lowest BCUT2D eigenvalue weighted by molar-refractivity contribution is 0.229. The van der Waals surface area contributed by atoms with Crippen molar-refractivity contribution in [2.45, 2.75) is 13.0 Å². The van der Waals surface area contributed by atoms with E-state index in [0.29, 0.717) is 16.7 Å². The molecule has 7 nitrogen and oxygen atoms in total. The van der Waals surface area contributed by atoms with E-state index in [0.717, 1.165) is 39.5 Å². The van der Waals surface area contributed by atoms with Crippen LogP contribution in [0.4, 0.5) is 5.69 Å². The molecule has 1 aliphatic heterocycles. The van der Waals surface area contributed by atoms with E-state index < -0.39 is 6.10 Å². The molecule has 0 saturated heterocycles. The Labute approximate surface area is 214 Å². The monoisotopic (exact) mass is 492 g/mol. The molecule has 0 radical (unpaired) electrons. The van der Waals surface area contributed by atoms with Crippen molar-refractivity contribution in [1.82, 2.24) is 13.7 Å². The maximum atomic E-state index is 13.7. The fraction of sp³-hybridized carbons (Fsp3) is 0.200. The van der Waals surface area contributed by atoms with E-state index in [-0.39, 0.29) is 11.2 Å². The molecule has 1 unspecified atom stereocenters. The smallest absolute Gasteiger partial charge is 0.331 e. The second kappa shape index (κ2) is 8.27. The topological polar surface area (TPSA) is 61.4 Å². The number of hydrogen-bond donors (Lipinski definition) is 0. The highest BCUT2D eigenvalue weighted by Gasteiger charge is 2.36. The predicted molar refractivity (Wildman–Crippen MR) is 147 cm³/mol. The SMILES string of the molecule is Cc1ccc(-c2c3c(=O)n(C)c(=O)n(C)c3c3n2-c2ccccc2OC3c2ccc(N(C)C)cc2)cc1. The van der Waals surface area contributed by atoms with Crippen LogP contribution in [0, 0.1) is 6.92 Å². The molecule has 7 heteroatoms. The maximum absolute atomic E-state index is 13.7. The molecule has 1 atom stereocenters. The number of rotatable bonds is 3. The quantitative estimate of drug-likeness (QED) is 0.371. The Bertz CT molecular complexity index is 1790. The second-order valence-corrected chi connectivity index (χ2v) is 9.82. The first-order valence-corrected chi connectivity index (χ1v) is 12.2. The summed E-state index contributed by atoms with van der Waals surface area (Å²) >= 11 is 0.